The number of hydrogen-bond acceptors (Lipinski definition) is 3. The molecule has 7 nitrogen and oxygen atoms in total. The highest BCUT2D eigenvalue weighted by Gasteiger charge is 2.23. The molecule has 0 spiro atoms. The summed E-state index contributed by atoms with van der Waals surface area (Å²) in [7, 11) is 0. The second kappa shape index (κ2) is 8.39. The van der Waals surface area contributed by atoms with Crippen molar-refractivity contribution >= 4 is 17.9 Å². The van der Waals surface area contributed by atoms with Gasteiger partial charge in [0.05, 0.1) is 6.42 Å². The van der Waals surface area contributed by atoms with Crippen LogP contribution in [0.4, 0.5) is 4.79 Å². The zero-order valence-electron chi connectivity index (χ0n) is 11.6. The van der Waals surface area contributed by atoms with Gasteiger partial charge in [-0.25, -0.2) is 9.59 Å². The predicted octanol–water partition coefficient (Wildman–Crippen LogP) is 0.727. The Hall–Kier alpha value is -1.79. The van der Waals surface area contributed by atoms with Gasteiger partial charge in [-0.1, -0.05) is 32.1 Å². The summed E-state index contributed by atoms with van der Waals surface area (Å²) in [6.45, 7) is 0. The average Bonchev–Trinajstić information content (AvgIpc) is 2.31. The Kier molecular flexibility index (Phi) is 6.83. The maximum atomic E-state index is 11.8. The second-order valence-electron chi connectivity index (χ2n) is 5.22. The maximum absolute atomic E-state index is 11.8. The van der Waals surface area contributed by atoms with E-state index in [1.807, 2.05) is 0 Å². The Labute approximate surface area is 118 Å². The number of carbonyl (C=O) groups is 3. The fourth-order valence-electron chi connectivity index (χ4n) is 2.39. The van der Waals surface area contributed by atoms with Gasteiger partial charge in [0.2, 0.25) is 5.91 Å². The zero-order valence-corrected chi connectivity index (χ0v) is 11.6. The monoisotopic (exact) mass is 285 g/mol. The topological polar surface area (TPSA) is 122 Å². The summed E-state index contributed by atoms with van der Waals surface area (Å²) in [6, 6.07) is -1.76. The normalized spacial score (nSPS) is 18.4. The molecule has 0 saturated heterocycles. The number of urea groups is 1. The van der Waals surface area contributed by atoms with Crippen LogP contribution in [0.5, 0.6) is 0 Å². The van der Waals surface area contributed by atoms with Crippen LogP contribution in [0, 0.1) is 0 Å². The van der Waals surface area contributed by atoms with E-state index >= 15 is 0 Å². The maximum Gasteiger partial charge on any atom is 0.326 e. The first-order valence-electron chi connectivity index (χ1n) is 7.07. The molecule has 0 aromatic heterocycles. The third-order valence-corrected chi connectivity index (χ3v) is 3.45. The molecule has 1 fully saturated rings. The largest absolute Gasteiger partial charge is 0.480 e. The standard InChI is InChI=1S/C13H23N3O4/c14-11(17)8-10(12(18)19)16-13(20)15-9-6-4-2-1-3-5-7-9/h9-10H,1-8H2,(H2,14,17)(H,18,19)(H2,15,16,20). The molecule has 0 radical (unpaired) electrons. The molecule has 0 aromatic rings. The van der Waals surface area contributed by atoms with Crippen molar-refractivity contribution in [2.75, 3.05) is 0 Å². The fourth-order valence-corrected chi connectivity index (χ4v) is 2.39. The Morgan fingerprint density at radius 3 is 2.15 bits per heavy atom. The van der Waals surface area contributed by atoms with E-state index in [0.29, 0.717) is 0 Å². The molecule has 3 amide bonds. The van der Waals surface area contributed by atoms with Crippen molar-refractivity contribution in [1.82, 2.24) is 10.6 Å². The van der Waals surface area contributed by atoms with E-state index in [9.17, 15) is 14.4 Å². The van der Waals surface area contributed by atoms with Gasteiger partial charge in [0, 0.05) is 6.04 Å². The van der Waals surface area contributed by atoms with Gasteiger partial charge in [0.25, 0.3) is 0 Å². The first-order valence-corrected chi connectivity index (χ1v) is 7.07. The first kappa shape index (κ1) is 16.3. The molecule has 0 heterocycles. The molecular weight excluding hydrogens is 262 g/mol. The molecule has 7 heteroatoms. The minimum atomic E-state index is -1.28. The van der Waals surface area contributed by atoms with Crippen LogP contribution in [-0.4, -0.2) is 35.1 Å². The summed E-state index contributed by atoms with van der Waals surface area (Å²) >= 11 is 0. The van der Waals surface area contributed by atoms with Crippen molar-refractivity contribution in [2.45, 2.75) is 63.5 Å². The van der Waals surface area contributed by atoms with Crippen LogP contribution in [0.1, 0.15) is 51.4 Å². The van der Waals surface area contributed by atoms with E-state index in [0.717, 1.165) is 25.7 Å². The lowest BCUT2D eigenvalue weighted by molar-refractivity contribution is -0.140. The van der Waals surface area contributed by atoms with Crippen LogP contribution in [0.15, 0.2) is 0 Å². The number of rotatable bonds is 5. The van der Waals surface area contributed by atoms with Gasteiger partial charge in [-0.15, -0.1) is 0 Å². The summed E-state index contributed by atoms with van der Waals surface area (Å²) in [4.78, 5) is 33.4. The molecule has 1 rings (SSSR count). The third-order valence-electron chi connectivity index (χ3n) is 3.45. The molecule has 1 aliphatic rings. The minimum Gasteiger partial charge on any atom is -0.480 e. The van der Waals surface area contributed by atoms with Crippen LogP contribution in [0.3, 0.4) is 0 Å². The second-order valence-corrected chi connectivity index (χ2v) is 5.22. The van der Waals surface area contributed by atoms with Crippen molar-refractivity contribution in [1.29, 1.82) is 0 Å². The van der Waals surface area contributed by atoms with Crippen molar-refractivity contribution in [3.63, 3.8) is 0 Å². The van der Waals surface area contributed by atoms with Crippen molar-refractivity contribution < 1.29 is 19.5 Å². The Morgan fingerprint density at radius 2 is 1.65 bits per heavy atom. The van der Waals surface area contributed by atoms with Gasteiger partial charge in [-0.3, -0.25) is 4.79 Å². The van der Waals surface area contributed by atoms with Crippen LogP contribution < -0.4 is 16.4 Å². The predicted molar refractivity (Wildman–Crippen MR) is 73.0 cm³/mol. The number of nitrogens with two attached hydrogens (primary N) is 1. The lowest BCUT2D eigenvalue weighted by Gasteiger charge is -2.22. The van der Waals surface area contributed by atoms with Gasteiger partial charge in [0.1, 0.15) is 6.04 Å². The molecule has 5 N–H and O–H groups in total. The van der Waals surface area contributed by atoms with Crippen LogP contribution in [0.2, 0.25) is 0 Å². The highest BCUT2D eigenvalue weighted by atomic mass is 16.4. The molecule has 114 valence electrons. The van der Waals surface area contributed by atoms with E-state index in [-0.39, 0.29) is 6.04 Å². The van der Waals surface area contributed by atoms with Gasteiger partial charge < -0.3 is 21.5 Å². The number of nitrogens with one attached hydrogen (secondary N) is 2. The number of aliphatic carboxylic acids is 1. The van der Waals surface area contributed by atoms with E-state index in [4.69, 9.17) is 10.8 Å². The minimum absolute atomic E-state index is 0.0679. The molecule has 1 aliphatic carbocycles. The van der Waals surface area contributed by atoms with E-state index in [1.54, 1.807) is 0 Å². The number of carbonyl (C=O) groups excluding carboxylic acids is 2. The summed E-state index contributed by atoms with van der Waals surface area (Å²) in [5.74, 6) is -2.03. The van der Waals surface area contributed by atoms with Crippen LogP contribution in [-0.2, 0) is 9.59 Å². The molecule has 0 aromatic carbocycles. The highest BCUT2D eigenvalue weighted by Crippen LogP contribution is 2.16. The zero-order chi connectivity index (χ0) is 15.0. The molecule has 0 bridgehead atoms. The van der Waals surface area contributed by atoms with Crippen molar-refractivity contribution in [3.8, 4) is 0 Å². The van der Waals surface area contributed by atoms with E-state index in [2.05, 4.69) is 10.6 Å². The van der Waals surface area contributed by atoms with Crippen molar-refractivity contribution in [2.24, 2.45) is 5.73 Å². The number of carboxylic acids is 1. The van der Waals surface area contributed by atoms with Crippen molar-refractivity contribution in [3.05, 3.63) is 0 Å². The molecular formula is C13H23N3O4. The third kappa shape index (κ3) is 6.40. The summed E-state index contributed by atoms with van der Waals surface area (Å²) in [5.41, 5.74) is 4.96. The Balaban J connectivity index is 2.43. The van der Waals surface area contributed by atoms with Gasteiger partial charge in [-0.05, 0) is 12.8 Å². The number of amides is 3. The number of carboxylic acid groups (broad SMARTS) is 1. The summed E-state index contributed by atoms with van der Waals surface area (Å²) in [5, 5.41) is 14.0. The summed E-state index contributed by atoms with van der Waals surface area (Å²) < 4.78 is 0. The Bertz CT molecular complexity index is 352. The van der Waals surface area contributed by atoms with E-state index < -0.39 is 30.4 Å². The highest BCUT2D eigenvalue weighted by molar-refractivity contribution is 5.87. The van der Waals surface area contributed by atoms with Gasteiger partial charge in [-0.2, -0.15) is 0 Å². The quantitative estimate of drug-likeness (QED) is 0.594. The SMILES string of the molecule is NC(=O)CC(NC(=O)NC1CCCCCCC1)C(=O)O. The van der Waals surface area contributed by atoms with Crippen LogP contribution in [0.25, 0.3) is 0 Å². The molecule has 1 saturated carbocycles. The lowest BCUT2D eigenvalue weighted by Crippen LogP contribution is -2.50. The molecule has 1 unspecified atom stereocenters. The van der Waals surface area contributed by atoms with Crippen LogP contribution >= 0.6 is 0 Å². The average molecular weight is 285 g/mol. The smallest absolute Gasteiger partial charge is 0.326 e. The lowest BCUT2D eigenvalue weighted by atomic mass is 9.97. The Morgan fingerprint density at radius 1 is 1.10 bits per heavy atom. The molecule has 1 atom stereocenters. The molecule has 0 aliphatic heterocycles. The molecule has 20 heavy (non-hydrogen) atoms. The van der Waals surface area contributed by atoms with Gasteiger partial charge >= 0.3 is 12.0 Å². The number of primary amides is 1. The fraction of sp³-hybridized carbons (Fsp3) is 0.769. The van der Waals surface area contributed by atoms with E-state index in [1.165, 1.54) is 19.3 Å². The number of hydrogen-bond donors (Lipinski definition) is 4. The summed E-state index contributed by atoms with van der Waals surface area (Å²) in [6.07, 6.45) is 7.09. The van der Waals surface area contributed by atoms with Gasteiger partial charge in [0.15, 0.2) is 0 Å². The first-order chi connectivity index (χ1) is 9.49.